The second-order valence-electron chi connectivity index (χ2n) is 6.91. The molecule has 4 N–H and O–H groups in total. The predicted octanol–water partition coefficient (Wildman–Crippen LogP) is 3.35. The van der Waals surface area contributed by atoms with Gasteiger partial charge in [0.15, 0.2) is 11.5 Å². The van der Waals surface area contributed by atoms with Crippen molar-refractivity contribution in [2.75, 3.05) is 6.54 Å². The molecule has 0 aliphatic heterocycles. The summed E-state index contributed by atoms with van der Waals surface area (Å²) in [4.78, 5) is 10.8. The lowest BCUT2D eigenvalue weighted by molar-refractivity contribution is -0.138. The fourth-order valence-corrected chi connectivity index (χ4v) is 2.82. The third kappa shape index (κ3) is 6.62. The summed E-state index contributed by atoms with van der Waals surface area (Å²) >= 11 is 0. The fraction of sp³-hybridized carbons (Fsp3) is 0.208. The Morgan fingerprint density at radius 1 is 0.833 bits per heavy atom. The summed E-state index contributed by atoms with van der Waals surface area (Å²) in [5.41, 5.74) is 8.61. The van der Waals surface area contributed by atoms with Crippen molar-refractivity contribution in [1.29, 1.82) is 0 Å². The Hall–Kier alpha value is -3.35. The zero-order valence-electron chi connectivity index (χ0n) is 16.7. The minimum absolute atomic E-state index is 0.182. The summed E-state index contributed by atoms with van der Waals surface area (Å²) in [5, 5.41) is 11.9. The van der Waals surface area contributed by atoms with Crippen LogP contribution in [0.25, 0.3) is 0 Å². The van der Waals surface area contributed by atoms with Crippen molar-refractivity contribution in [2.45, 2.75) is 25.8 Å². The molecule has 1 atom stereocenters. The van der Waals surface area contributed by atoms with Crippen LogP contribution in [0.3, 0.4) is 0 Å². The van der Waals surface area contributed by atoms with Gasteiger partial charge in [0, 0.05) is 13.1 Å². The van der Waals surface area contributed by atoms with Gasteiger partial charge in [0.25, 0.3) is 0 Å². The fourth-order valence-electron chi connectivity index (χ4n) is 2.82. The van der Waals surface area contributed by atoms with E-state index in [4.69, 9.17) is 20.3 Å². The Kier molecular flexibility index (Phi) is 7.83. The van der Waals surface area contributed by atoms with E-state index in [9.17, 15) is 4.79 Å². The number of nitrogens with two attached hydrogens (primary N) is 1. The largest absolute Gasteiger partial charge is 0.485 e. The van der Waals surface area contributed by atoms with Crippen LogP contribution in [0.5, 0.6) is 11.5 Å². The highest BCUT2D eigenvalue weighted by atomic mass is 16.5. The van der Waals surface area contributed by atoms with Crippen molar-refractivity contribution in [1.82, 2.24) is 5.32 Å². The molecule has 0 aliphatic rings. The number of hydrogen-bond acceptors (Lipinski definition) is 5. The molecule has 30 heavy (non-hydrogen) atoms. The van der Waals surface area contributed by atoms with E-state index in [1.165, 1.54) is 0 Å². The monoisotopic (exact) mass is 406 g/mol. The van der Waals surface area contributed by atoms with Gasteiger partial charge in [-0.15, -0.1) is 0 Å². The van der Waals surface area contributed by atoms with Gasteiger partial charge in [-0.1, -0.05) is 66.7 Å². The number of hydrogen-bond donors (Lipinski definition) is 3. The molecule has 0 bridgehead atoms. The van der Waals surface area contributed by atoms with Crippen molar-refractivity contribution in [2.24, 2.45) is 5.73 Å². The van der Waals surface area contributed by atoms with Crippen LogP contribution in [0.1, 0.15) is 16.7 Å². The molecule has 0 fully saturated rings. The minimum Gasteiger partial charge on any atom is -0.485 e. The molecule has 0 unspecified atom stereocenters. The molecule has 6 heteroatoms. The number of carbonyl (C=O) groups is 1. The topological polar surface area (TPSA) is 93.8 Å². The number of carboxylic acids is 1. The molecule has 0 aromatic heterocycles. The zero-order valence-corrected chi connectivity index (χ0v) is 16.7. The van der Waals surface area contributed by atoms with E-state index in [2.05, 4.69) is 5.32 Å². The van der Waals surface area contributed by atoms with Gasteiger partial charge in [-0.05, 0) is 28.8 Å². The van der Waals surface area contributed by atoms with E-state index in [1.54, 1.807) is 0 Å². The van der Waals surface area contributed by atoms with E-state index in [-0.39, 0.29) is 6.54 Å². The summed E-state index contributed by atoms with van der Waals surface area (Å²) < 4.78 is 12.0. The molecule has 3 aromatic rings. The van der Waals surface area contributed by atoms with Crippen molar-refractivity contribution in [3.63, 3.8) is 0 Å². The summed E-state index contributed by atoms with van der Waals surface area (Å²) in [6.45, 7) is 1.51. The molecule has 0 aliphatic carbocycles. The van der Waals surface area contributed by atoms with Gasteiger partial charge in [0.2, 0.25) is 0 Å². The SMILES string of the molecule is N[C@H](CNCc1ccc(OCc2ccccc2)c(OCc2ccccc2)c1)C(=O)O. The Morgan fingerprint density at radius 2 is 1.40 bits per heavy atom. The second-order valence-corrected chi connectivity index (χ2v) is 6.91. The van der Waals surface area contributed by atoms with Crippen LogP contribution in [-0.2, 0) is 24.6 Å². The maximum Gasteiger partial charge on any atom is 0.321 e. The maximum absolute atomic E-state index is 10.8. The Labute approximate surface area is 176 Å². The van der Waals surface area contributed by atoms with Gasteiger partial charge >= 0.3 is 5.97 Å². The minimum atomic E-state index is -1.03. The van der Waals surface area contributed by atoms with Crippen LogP contribution >= 0.6 is 0 Å². The molecule has 6 nitrogen and oxygen atoms in total. The highest BCUT2D eigenvalue weighted by Gasteiger charge is 2.12. The van der Waals surface area contributed by atoms with Crippen molar-refractivity contribution in [3.8, 4) is 11.5 Å². The number of benzene rings is 3. The number of carboxylic acid groups (broad SMARTS) is 1. The van der Waals surface area contributed by atoms with Crippen LogP contribution in [0.2, 0.25) is 0 Å². The lowest BCUT2D eigenvalue weighted by Gasteiger charge is -2.15. The highest BCUT2D eigenvalue weighted by Crippen LogP contribution is 2.30. The Bertz CT molecular complexity index is 932. The molecule has 0 saturated heterocycles. The lowest BCUT2D eigenvalue weighted by atomic mass is 10.2. The standard InChI is InChI=1S/C24H26N2O4/c25-21(24(27)28)15-26-14-20-11-12-22(29-16-18-7-3-1-4-8-18)23(13-20)30-17-19-9-5-2-6-10-19/h1-13,21,26H,14-17,25H2,(H,27,28)/t21-/m1/s1. The first kappa shape index (κ1) is 21.4. The third-order valence-electron chi connectivity index (χ3n) is 4.49. The second kappa shape index (κ2) is 11.0. The normalized spacial score (nSPS) is 11.6. The first-order chi connectivity index (χ1) is 14.6. The predicted molar refractivity (Wildman–Crippen MR) is 115 cm³/mol. The van der Waals surface area contributed by atoms with E-state index in [1.807, 2.05) is 78.9 Å². The number of ether oxygens (including phenoxy) is 2. The third-order valence-corrected chi connectivity index (χ3v) is 4.49. The van der Waals surface area contributed by atoms with Crippen molar-refractivity contribution in [3.05, 3.63) is 95.6 Å². The molecule has 0 amide bonds. The maximum atomic E-state index is 10.8. The van der Waals surface area contributed by atoms with Crippen LogP contribution in [0.15, 0.2) is 78.9 Å². The first-order valence-electron chi connectivity index (χ1n) is 9.77. The van der Waals surface area contributed by atoms with Gasteiger partial charge in [-0.2, -0.15) is 0 Å². The summed E-state index contributed by atoms with van der Waals surface area (Å²) in [6, 6.07) is 24.6. The van der Waals surface area contributed by atoms with Crippen LogP contribution in [-0.4, -0.2) is 23.7 Å². The van der Waals surface area contributed by atoms with Gasteiger partial charge in [-0.3, -0.25) is 4.79 Å². The molecule has 3 rings (SSSR count). The van der Waals surface area contributed by atoms with Crippen LogP contribution in [0, 0.1) is 0 Å². The molecular weight excluding hydrogens is 380 g/mol. The first-order valence-corrected chi connectivity index (χ1v) is 9.77. The van der Waals surface area contributed by atoms with Crippen LogP contribution in [0.4, 0.5) is 0 Å². The van der Waals surface area contributed by atoms with Gasteiger partial charge in [0.1, 0.15) is 19.3 Å². The molecular formula is C24H26N2O4. The molecule has 0 heterocycles. The average molecular weight is 406 g/mol. The summed E-state index contributed by atoms with van der Waals surface area (Å²) in [5.74, 6) is 0.261. The van der Waals surface area contributed by atoms with Gasteiger partial charge in [0.05, 0.1) is 0 Å². The van der Waals surface area contributed by atoms with E-state index in [0.717, 1.165) is 16.7 Å². The van der Waals surface area contributed by atoms with E-state index in [0.29, 0.717) is 31.3 Å². The highest BCUT2D eigenvalue weighted by molar-refractivity contribution is 5.73. The number of rotatable bonds is 11. The Balaban J connectivity index is 1.68. The molecule has 3 aromatic carbocycles. The molecule has 0 radical (unpaired) electrons. The van der Waals surface area contributed by atoms with Gasteiger partial charge < -0.3 is 25.6 Å². The smallest absolute Gasteiger partial charge is 0.321 e. The summed E-state index contributed by atoms with van der Waals surface area (Å²) in [7, 11) is 0. The molecule has 156 valence electrons. The lowest BCUT2D eigenvalue weighted by Crippen LogP contribution is -2.40. The molecule has 0 spiro atoms. The Morgan fingerprint density at radius 3 is 1.97 bits per heavy atom. The van der Waals surface area contributed by atoms with E-state index >= 15 is 0 Å². The number of nitrogens with one attached hydrogen (secondary N) is 1. The zero-order chi connectivity index (χ0) is 21.2. The quantitative estimate of drug-likeness (QED) is 0.452. The number of aliphatic carboxylic acids is 1. The summed E-state index contributed by atoms with van der Waals surface area (Å²) in [6.07, 6.45) is 0. The van der Waals surface area contributed by atoms with E-state index < -0.39 is 12.0 Å². The average Bonchev–Trinajstić information content (AvgIpc) is 2.78. The van der Waals surface area contributed by atoms with Crippen molar-refractivity contribution < 1.29 is 19.4 Å². The van der Waals surface area contributed by atoms with Gasteiger partial charge in [-0.25, -0.2) is 0 Å². The van der Waals surface area contributed by atoms with Crippen LogP contribution < -0.4 is 20.5 Å². The van der Waals surface area contributed by atoms with Crippen molar-refractivity contribution >= 4 is 5.97 Å². The molecule has 0 saturated carbocycles.